The number of rotatable bonds is 5. The monoisotopic (exact) mass is 299 g/mol. The maximum atomic E-state index is 12.0. The lowest BCUT2D eigenvalue weighted by Gasteiger charge is -2.10. The van der Waals surface area contributed by atoms with Gasteiger partial charge in [0, 0.05) is 12.7 Å². The zero-order valence-electron chi connectivity index (χ0n) is 11.0. The molecule has 0 radical (unpaired) electrons. The molecule has 21 heavy (non-hydrogen) atoms. The number of hydrogen-bond acceptors (Lipinski definition) is 5. The quantitative estimate of drug-likeness (QED) is 0.920. The van der Waals surface area contributed by atoms with Gasteiger partial charge in [-0.15, -0.1) is 13.2 Å². The fourth-order valence-corrected chi connectivity index (χ4v) is 1.53. The number of ether oxygens (including phenoxy) is 2. The van der Waals surface area contributed by atoms with Gasteiger partial charge in [0.15, 0.2) is 0 Å². The molecule has 0 saturated heterocycles. The largest absolute Gasteiger partial charge is 0.573 e. The second kappa shape index (κ2) is 6.40. The second-order valence-corrected chi connectivity index (χ2v) is 4.00. The van der Waals surface area contributed by atoms with E-state index in [0.717, 1.165) is 12.1 Å². The van der Waals surface area contributed by atoms with Gasteiger partial charge >= 0.3 is 6.36 Å². The first-order valence-electron chi connectivity index (χ1n) is 5.95. The van der Waals surface area contributed by atoms with E-state index in [2.05, 4.69) is 20.0 Å². The molecule has 0 atom stereocenters. The summed E-state index contributed by atoms with van der Waals surface area (Å²) in [7, 11) is 1.77. The lowest BCUT2D eigenvalue weighted by atomic mass is 10.3. The van der Waals surface area contributed by atoms with Gasteiger partial charge in [-0.05, 0) is 31.3 Å². The van der Waals surface area contributed by atoms with Crippen LogP contribution in [0.3, 0.4) is 0 Å². The molecule has 0 spiro atoms. The van der Waals surface area contributed by atoms with E-state index in [9.17, 15) is 13.2 Å². The first-order valence-corrected chi connectivity index (χ1v) is 5.95. The third-order valence-electron chi connectivity index (χ3n) is 2.30. The van der Waals surface area contributed by atoms with Crippen molar-refractivity contribution < 1.29 is 22.6 Å². The molecule has 0 aliphatic heterocycles. The van der Waals surface area contributed by atoms with Crippen molar-refractivity contribution >= 4 is 0 Å². The third kappa shape index (κ3) is 4.92. The molecule has 1 aromatic heterocycles. The summed E-state index contributed by atoms with van der Waals surface area (Å²) in [6.07, 6.45) is -1.71. The summed E-state index contributed by atoms with van der Waals surface area (Å²) < 4.78 is 45.3. The van der Waals surface area contributed by atoms with E-state index in [1.165, 1.54) is 18.3 Å². The summed E-state index contributed by atoms with van der Waals surface area (Å²) in [4.78, 5) is 8.15. The van der Waals surface area contributed by atoms with Gasteiger partial charge in [-0.1, -0.05) is 0 Å². The van der Waals surface area contributed by atoms with Gasteiger partial charge in [-0.3, -0.25) is 4.98 Å². The second-order valence-electron chi connectivity index (χ2n) is 4.00. The van der Waals surface area contributed by atoms with Crippen LogP contribution in [0.1, 0.15) is 5.69 Å². The number of halogens is 3. The Morgan fingerprint density at radius 2 is 1.76 bits per heavy atom. The zero-order chi connectivity index (χ0) is 15.3. The van der Waals surface area contributed by atoms with Crippen LogP contribution in [0.4, 0.5) is 13.2 Å². The Hall–Kier alpha value is -2.35. The van der Waals surface area contributed by atoms with E-state index in [-0.39, 0.29) is 11.6 Å². The summed E-state index contributed by atoms with van der Waals surface area (Å²) in [5.74, 6) is 0.275. The van der Waals surface area contributed by atoms with Crippen LogP contribution in [0.2, 0.25) is 0 Å². The average Bonchev–Trinajstić information content (AvgIpc) is 2.40. The molecule has 5 nitrogen and oxygen atoms in total. The average molecular weight is 299 g/mol. The van der Waals surface area contributed by atoms with Crippen LogP contribution in [0.25, 0.3) is 0 Å². The lowest BCUT2D eigenvalue weighted by molar-refractivity contribution is -0.274. The molecule has 0 amide bonds. The smallest absolute Gasteiger partial charge is 0.437 e. The van der Waals surface area contributed by atoms with Crippen molar-refractivity contribution in [1.29, 1.82) is 0 Å². The fourth-order valence-electron chi connectivity index (χ4n) is 1.53. The fraction of sp³-hybridized carbons (Fsp3) is 0.231. The van der Waals surface area contributed by atoms with Crippen molar-refractivity contribution in [3.63, 3.8) is 0 Å². The van der Waals surface area contributed by atoms with Crippen LogP contribution in [0, 0.1) is 0 Å². The van der Waals surface area contributed by atoms with Crippen LogP contribution in [-0.2, 0) is 6.54 Å². The number of alkyl halides is 3. The Balaban J connectivity index is 2.04. The molecule has 8 heteroatoms. The molecule has 1 N–H and O–H groups in total. The molecule has 1 aromatic carbocycles. The summed E-state index contributed by atoms with van der Waals surface area (Å²) >= 11 is 0. The van der Waals surface area contributed by atoms with Gasteiger partial charge in [0.25, 0.3) is 0 Å². The van der Waals surface area contributed by atoms with Gasteiger partial charge < -0.3 is 14.8 Å². The molecule has 0 aliphatic carbocycles. The molecule has 1 heterocycles. The first-order chi connectivity index (χ1) is 9.96. The highest BCUT2D eigenvalue weighted by Crippen LogP contribution is 2.26. The molecule has 0 fully saturated rings. The van der Waals surface area contributed by atoms with Crippen LogP contribution < -0.4 is 14.8 Å². The Morgan fingerprint density at radius 3 is 2.38 bits per heavy atom. The maximum Gasteiger partial charge on any atom is 0.573 e. The molecule has 2 rings (SSSR count). The summed E-state index contributed by atoms with van der Waals surface area (Å²) in [6.45, 7) is 0.530. The predicted octanol–water partition coefficient (Wildman–Crippen LogP) is 2.89. The van der Waals surface area contributed by atoms with Gasteiger partial charge in [0.2, 0.25) is 5.88 Å². The number of benzene rings is 1. The molecular weight excluding hydrogens is 287 g/mol. The third-order valence-corrected chi connectivity index (χ3v) is 2.30. The highest BCUT2D eigenvalue weighted by atomic mass is 19.4. The standard InChI is InChI=1S/C13H12F3N3O2/c1-17-6-9-7-18-8-12(19-9)20-10-2-4-11(5-3-10)21-13(14,15)16/h2-5,7-8,17H,6H2,1H3. The molecule has 112 valence electrons. The number of nitrogens with zero attached hydrogens (tertiary/aromatic N) is 2. The van der Waals surface area contributed by atoms with Crippen LogP contribution in [0.5, 0.6) is 17.4 Å². The van der Waals surface area contributed by atoms with E-state index < -0.39 is 6.36 Å². The highest BCUT2D eigenvalue weighted by Gasteiger charge is 2.30. The zero-order valence-corrected chi connectivity index (χ0v) is 11.0. The Morgan fingerprint density at radius 1 is 1.10 bits per heavy atom. The molecule has 0 saturated carbocycles. The van der Waals surface area contributed by atoms with Crippen molar-refractivity contribution in [3.05, 3.63) is 42.4 Å². The van der Waals surface area contributed by atoms with Crippen LogP contribution in [-0.4, -0.2) is 23.4 Å². The van der Waals surface area contributed by atoms with Gasteiger partial charge in [0.1, 0.15) is 11.5 Å². The van der Waals surface area contributed by atoms with E-state index in [4.69, 9.17) is 4.74 Å². The number of nitrogens with one attached hydrogen (secondary N) is 1. The van der Waals surface area contributed by atoms with Crippen molar-refractivity contribution in [2.24, 2.45) is 0 Å². The van der Waals surface area contributed by atoms with E-state index in [1.807, 2.05) is 0 Å². The van der Waals surface area contributed by atoms with Gasteiger partial charge in [-0.2, -0.15) is 0 Å². The summed E-state index contributed by atoms with van der Waals surface area (Å²) in [5, 5.41) is 2.92. The highest BCUT2D eigenvalue weighted by molar-refractivity contribution is 5.33. The molecule has 2 aromatic rings. The van der Waals surface area contributed by atoms with Crippen LogP contribution >= 0.6 is 0 Å². The Kier molecular flexibility index (Phi) is 4.59. The van der Waals surface area contributed by atoms with Crippen LogP contribution in [0.15, 0.2) is 36.7 Å². The van der Waals surface area contributed by atoms with E-state index >= 15 is 0 Å². The number of aromatic nitrogens is 2. The Bertz CT molecular complexity index is 588. The van der Waals surface area contributed by atoms with E-state index in [1.54, 1.807) is 13.2 Å². The number of hydrogen-bond donors (Lipinski definition) is 1. The minimum absolute atomic E-state index is 0.257. The molecule has 0 bridgehead atoms. The normalized spacial score (nSPS) is 11.2. The predicted molar refractivity (Wildman–Crippen MR) is 68.0 cm³/mol. The molecule has 0 unspecified atom stereocenters. The summed E-state index contributed by atoms with van der Waals surface area (Å²) in [6, 6.07) is 5.03. The van der Waals surface area contributed by atoms with Crippen molar-refractivity contribution in [1.82, 2.24) is 15.3 Å². The first kappa shape index (κ1) is 15.0. The van der Waals surface area contributed by atoms with Crippen molar-refractivity contribution in [2.45, 2.75) is 12.9 Å². The van der Waals surface area contributed by atoms with Crippen molar-refractivity contribution in [2.75, 3.05) is 7.05 Å². The lowest BCUT2D eigenvalue weighted by Crippen LogP contribution is -2.16. The minimum atomic E-state index is -4.71. The SMILES string of the molecule is CNCc1cncc(Oc2ccc(OC(F)(F)F)cc2)n1. The Labute approximate surface area is 118 Å². The molecule has 0 aliphatic rings. The minimum Gasteiger partial charge on any atom is -0.437 e. The van der Waals surface area contributed by atoms with E-state index in [0.29, 0.717) is 18.0 Å². The molecular formula is C13H12F3N3O2. The van der Waals surface area contributed by atoms with Gasteiger partial charge in [0.05, 0.1) is 11.9 Å². The topological polar surface area (TPSA) is 56.3 Å². The van der Waals surface area contributed by atoms with Crippen molar-refractivity contribution in [3.8, 4) is 17.4 Å². The summed E-state index contributed by atoms with van der Waals surface area (Å²) in [5.41, 5.74) is 0.687. The van der Waals surface area contributed by atoms with Gasteiger partial charge in [-0.25, -0.2) is 4.98 Å². The maximum absolute atomic E-state index is 12.0.